The minimum atomic E-state index is 0.00769. The molecule has 1 atom stereocenters. The van der Waals surface area contributed by atoms with E-state index in [2.05, 4.69) is 10.2 Å². The maximum Gasteiger partial charge on any atom is 0.124 e. The smallest absolute Gasteiger partial charge is 0.124 e. The van der Waals surface area contributed by atoms with E-state index in [9.17, 15) is 10.2 Å². The Morgan fingerprint density at radius 1 is 1.31 bits per heavy atom. The van der Waals surface area contributed by atoms with E-state index in [0.717, 1.165) is 13.1 Å². The molecule has 1 aromatic rings. The zero-order chi connectivity index (χ0) is 11.7. The molecule has 0 spiro atoms. The fourth-order valence-corrected chi connectivity index (χ4v) is 2.05. The second-order valence-corrected chi connectivity index (χ2v) is 4.36. The number of nitrogens with one attached hydrogen (secondary N) is 1. The third-order valence-corrected chi connectivity index (χ3v) is 3.42. The Balaban J connectivity index is 2.22. The second kappa shape index (κ2) is 4.31. The lowest BCUT2D eigenvalue weighted by molar-refractivity contribution is 0.133. The number of phenols is 2. The van der Waals surface area contributed by atoms with Gasteiger partial charge in [-0.05, 0) is 26.1 Å². The molecule has 1 aliphatic rings. The molecule has 0 aromatic heterocycles. The number of aromatic hydroxyl groups is 2. The monoisotopic (exact) mass is 222 g/mol. The van der Waals surface area contributed by atoms with Crippen molar-refractivity contribution in [2.24, 2.45) is 0 Å². The van der Waals surface area contributed by atoms with E-state index in [4.69, 9.17) is 0 Å². The Labute approximate surface area is 95.5 Å². The lowest BCUT2D eigenvalue weighted by Gasteiger charge is -2.39. The molecule has 88 valence electrons. The lowest BCUT2D eigenvalue weighted by Crippen LogP contribution is -2.56. The van der Waals surface area contributed by atoms with E-state index in [-0.39, 0.29) is 17.5 Å². The molecule has 0 radical (unpaired) electrons. The van der Waals surface area contributed by atoms with Gasteiger partial charge in [-0.15, -0.1) is 0 Å². The SMILES string of the molecule is CC(c1c(O)cccc1O)N(C)C1CNC1. The largest absolute Gasteiger partial charge is 0.507 e. The highest BCUT2D eigenvalue weighted by molar-refractivity contribution is 5.45. The van der Waals surface area contributed by atoms with Gasteiger partial charge in [0.2, 0.25) is 0 Å². The summed E-state index contributed by atoms with van der Waals surface area (Å²) >= 11 is 0. The van der Waals surface area contributed by atoms with Crippen LogP contribution in [-0.2, 0) is 0 Å². The zero-order valence-electron chi connectivity index (χ0n) is 9.64. The van der Waals surface area contributed by atoms with Crippen LogP contribution in [0.15, 0.2) is 18.2 Å². The highest BCUT2D eigenvalue weighted by Gasteiger charge is 2.28. The molecule has 1 unspecified atom stereocenters. The van der Waals surface area contributed by atoms with Crippen molar-refractivity contribution in [2.45, 2.75) is 19.0 Å². The molecule has 1 aromatic carbocycles. The summed E-state index contributed by atoms with van der Waals surface area (Å²) in [5, 5.41) is 22.8. The number of nitrogens with zero attached hydrogens (tertiary/aromatic N) is 1. The summed E-state index contributed by atoms with van der Waals surface area (Å²) < 4.78 is 0. The van der Waals surface area contributed by atoms with E-state index in [1.807, 2.05) is 14.0 Å². The van der Waals surface area contributed by atoms with Crippen molar-refractivity contribution in [3.05, 3.63) is 23.8 Å². The fourth-order valence-electron chi connectivity index (χ4n) is 2.05. The predicted molar refractivity (Wildman–Crippen MR) is 62.6 cm³/mol. The Bertz CT molecular complexity index is 357. The minimum Gasteiger partial charge on any atom is -0.507 e. The summed E-state index contributed by atoms with van der Waals surface area (Å²) in [5.74, 6) is 0.318. The van der Waals surface area contributed by atoms with Gasteiger partial charge in [-0.2, -0.15) is 0 Å². The van der Waals surface area contributed by atoms with E-state index in [1.54, 1.807) is 18.2 Å². The van der Waals surface area contributed by atoms with Gasteiger partial charge in [-0.1, -0.05) is 6.07 Å². The van der Waals surface area contributed by atoms with Crippen LogP contribution in [0.2, 0.25) is 0 Å². The third kappa shape index (κ3) is 1.86. The highest BCUT2D eigenvalue weighted by Crippen LogP contribution is 2.35. The quantitative estimate of drug-likeness (QED) is 0.716. The summed E-state index contributed by atoms with van der Waals surface area (Å²) in [6.45, 7) is 3.93. The van der Waals surface area contributed by atoms with Gasteiger partial charge in [0.05, 0.1) is 5.56 Å². The molecule has 4 heteroatoms. The summed E-state index contributed by atoms with van der Waals surface area (Å²) in [6.07, 6.45) is 0. The second-order valence-electron chi connectivity index (χ2n) is 4.36. The van der Waals surface area contributed by atoms with E-state index < -0.39 is 0 Å². The molecule has 1 fully saturated rings. The Hall–Kier alpha value is -1.26. The topological polar surface area (TPSA) is 55.7 Å². The van der Waals surface area contributed by atoms with Crippen molar-refractivity contribution in [3.8, 4) is 11.5 Å². The first-order valence-corrected chi connectivity index (χ1v) is 5.54. The molecule has 0 saturated carbocycles. The first-order chi connectivity index (χ1) is 7.61. The number of benzene rings is 1. The normalized spacial score (nSPS) is 18.4. The van der Waals surface area contributed by atoms with Crippen LogP contribution in [0.4, 0.5) is 0 Å². The first-order valence-electron chi connectivity index (χ1n) is 5.54. The van der Waals surface area contributed by atoms with Crippen molar-refractivity contribution >= 4 is 0 Å². The van der Waals surface area contributed by atoms with Crippen LogP contribution < -0.4 is 5.32 Å². The van der Waals surface area contributed by atoms with Crippen molar-refractivity contribution in [1.29, 1.82) is 0 Å². The number of hydrogen-bond donors (Lipinski definition) is 3. The van der Waals surface area contributed by atoms with Gasteiger partial charge in [-0.3, -0.25) is 4.90 Å². The molecule has 1 aliphatic heterocycles. The Morgan fingerprint density at radius 3 is 2.31 bits per heavy atom. The predicted octanol–water partition coefficient (Wildman–Crippen LogP) is 1.06. The molecular weight excluding hydrogens is 204 g/mol. The molecule has 1 saturated heterocycles. The summed E-state index contributed by atoms with van der Waals surface area (Å²) in [7, 11) is 2.02. The number of hydrogen-bond acceptors (Lipinski definition) is 4. The summed E-state index contributed by atoms with van der Waals surface area (Å²) in [4.78, 5) is 2.17. The van der Waals surface area contributed by atoms with Crippen LogP contribution in [0.1, 0.15) is 18.5 Å². The Kier molecular flexibility index (Phi) is 3.03. The van der Waals surface area contributed by atoms with Crippen LogP contribution in [-0.4, -0.2) is 41.3 Å². The zero-order valence-corrected chi connectivity index (χ0v) is 9.64. The molecule has 3 N–H and O–H groups in total. The molecule has 0 bridgehead atoms. The number of phenolic OH excluding ortho intramolecular Hbond substituents is 2. The van der Waals surface area contributed by atoms with E-state index in [1.165, 1.54) is 0 Å². The number of rotatable bonds is 3. The average molecular weight is 222 g/mol. The third-order valence-electron chi connectivity index (χ3n) is 3.42. The molecule has 4 nitrogen and oxygen atoms in total. The lowest BCUT2D eigenvalue weighted by atomic mass is 10.0. The molecule has 16 heavy (non-hydrogen) atoms. The average Bonchev–Trinajstić information content (AvgIpc) is 2.14. The van der Waals surface area contributed by atoms with Crippen LogP contribution >= 0.6 is 0 Å². The highest BCUT2D eigenvalue weighted by atomic mass is 16.3. The molecule has 0 amide bonds. The first kappa shape index (κ1) is 11.2. The maximum atomic E-state index is 9.78. The van der Waals surface area contributed by atoms with Crippen molar-refractivity contribution < 1.29 is 10.2 Å². The van der Waals surface area contributed by atoms with E-state index in [0.29, 0.717) is 11.6 Å². The molecule has 2 rings (SSSR count). The van der Waals surface area contributed by atoms with Crippen molar-refractivity contribution in [1.82, 2.24) is 10.2 Å². The molecular formula is C12H18N2O2. The van der Waals surface area contributed by atoms with Gasteiger partial charge in [-0.25, -0.2) is 0 Å². The van der Waals surface area contributed by atoms with Gasteiger partial charge >= 0.3 is 0 Å². The molecule has 0 aliphatic carbocycles. The Morgan fingerprint density at radius 2 is 1.88 bits per heavy atom. The molecule has 1 heterocycles. The summed E-state index contributed by atoms with van der Waals surface area (Å²) in [5.41, 5.74) is 0.608. The van der Waals surface area contributed by atoms with Crippen LogP contribution in [0, 0.1) is 0 Å². The van der Waals surface area contributed by atoms with Crippen molar-refractivity contribution in [2.75, 3.05) is 20.1 Å². The van der Waals surface area contributed by atoms with Gasteiger partial charge in [0.1, 0.15) is 11.5 Å². The summed E-state index contributed by atoms with van der Waals surface area (Å²) in [6, 6.07) is 5.35. The van der Waals surface area contributed by atoms with Crippen LogP contribution in [0.5, 0.6) is 11.5 Å². The standard InChI is InChI=1S/C12H18N2O2/c1-8(14(2)9-6-13-7-9)12-10(15)4-3-5-11(12)16/h3-5,8-9,13,15-16H,6-7H2,1-2H3. The van der Waals surface area contributed by atoms with Gasteiger partial charge in [0.25, 0.3) is 0 Å². The van der Waals surface area contributed by atoms with Gasteiger partial charge in [0.15, 0.2) is 0 Å². The van der Waals surface area contributed by atoms with Crippen LogP contribution in [0.3, 0.4) is 0 Å². The minimum absolute atomic E-state index is 0.00769. The fraction of sp³-hybridized carbons (Fsp3) is 0.500. The number of likely N-dealkylation sites (N-methyl/N-ethyl adjacent to an activating group) is 1. The van der Waals surface area contributed by atoms with E-state index >= 15 is 0 Å². The maximum absolute atomic E-state index is 9.78. The van der Waals surface area contributed by atoms with Crippen molar-refractivity contribution in [3.63, 3.8) is 0 Å². The van der Waals surface area contributed by atoms with Crippen LogP contribution in [0.25, 0.3) is 0 Å². The van der Waals surface area contributed by atoms with Gasteiger partial charge < -0.3 is 15.5 Å². The van der Waals surface area contributed by atoms with Gasteiger partial charge in [0, 0.05) is 25.2 Å².